The fourth-order valence-corrected chi connectivity index (χ4v) is 3.14. The van der Waals surface area contributed by atoms with Crippen molar-refractivity contribution in [2.24, 2.45) is 11.3 Å². The first-order valence-electron chi connectivity index (χ1n) is 5.64. The third kappa shape index (κ3) is 4.93. The van der Waals surface area contributed by atoms with Crippen LogP contribution in [0, 0.1) is 11.3 Å². The Bertz CT molecular complexity index is 352. The Balaban J connectivity index is 2.41. The van der Waals surface area contributed by atoms with Gasteiger partial charge in [0.2, 0.25) is 0 Å². The number of methoxy groups -OCH3 is 1. The number of rotatable bonds is 7. The summed E-state index contributed by atoms with van der Waals surface area (Å²) in [6.45, 7) is 0. The molecule has 1 unspecified atom stereocenters. The van der Waals surface area contributed by atoms with Gasteiger partial charge in [-0.15, -0.1) is 0 Å². The summed E-state index contributed by atoms with van der Waals surface area (Å²) >= 11 is 0.930. The van der Waals surface area contributed by atoms with Gasteiger partial charge in [-0.3, -0.25) is 9.59 Å². The van der Waals surface area contributed by atoms with Gasteiger partial charge in [-0.1, -0.05) is 0 Å². The molecule has 1 N–H and O–H groups in total. The van der Waals surface area contributed by atoms with Crippen LogP contribution >= 0.6 is 11.8 Å². The van der Waals surface area contributed by atoms with E-state index in [0.717, 1.165) is 24.6 Å². The van der Waals surface area contributed by atoms with Gasteiger partial charge in [0.25, 0.3) is 0 Å². The van der Waals surface area contributed by atoms with E-state index in [1.54, 1.807) is 0 Å². The van der Waals surface area contributed by atoms with Crippen molar-refractivity contribution in [2.45, 2.75) is 25.4 Å². The van der Waals surface area contributed by atoms with Crippen LogP contribution < -0.4 is 0 Å². The van der Waals surface area contributed by atoms with Crippen molar-refractivity contribution in [1.82, 2.24) is 0 Å². The minimum Gasteiger partial charge on any atom is -0.481 e. The van der Waals surface area contributed by atoms with Crippen molar-refractivity contribution in [3.63, 3.8) is 0 Å². The fourth-order valence-electron chi connectivity index (χ4n) is 1.63. The number of halogens is 3. The summed E-state index contributed by atoms with van der Waals surface area (Å²) in [4.78, 5) is 21.7. The maximum atomic E-state index is 12.4. The van der Waals surface area contributed by atoms with Crippen LogP contribution in [0.4, 0.5) is 13.2 Å². The molecule has 1 rings (SSSR count). The number of ether oxygens (including phenoxy) is 1. The number of alkyl halides is 3. The van der Waals surface area contributed by atoms with E-state index in [1.165, 1.54) is 7.11 Å². The molecule has 0 saturated heterocycles. The number of carboxylic acid groups (broad SMARTS) is 1. The van der Waals surface area contributed by atoms with Gasteiger partial charge in [-0.05, 0) is 24.0 Å². The maximum absolute atomic E-state index is 12.4. The minimum absolute atomic E-state index is 0.181. The van der Waals surface area contributed by atoms with E-state index in [-0.39, 0.29) is 17.8 Å². The summed E-state index contributed by atoms with van der Waals surface area (Å²) in [6, 6.07) is 0. The molecule has 1 fully saturated rings. The quantitative estimate of drug-likeness (QED) is 0.731. The molecule has 0 aromatic heterocycles. The molecular formula is C11H15F3O4S. The van der Waals surface area contributed by atoms with Gasteiger partial charge in [-0.25, -0.2) is 0 Å². The lowest BCUT2D eigenvalue weighted by atomic mass is 10.1. The van der Waals surface area contributed by atoms with Crippen molar-refractivity contribution in [3.05, 3.63) is 0 Å². The third-order valence-electron chi connectivity index (χ3n) is 3.09. The highest BCUT2D eigenvalue weighted by molar-refractivity contribution is 7.99. The van der Waals surface area contributed by atoms with E-state index in [4.69, 9.17) is 5.11 Å². The van der Waals surface area contributed by atoms with Gasteiger partial charge >= 0.3 is 18.1 Å². The molecule has 0 amide bonds. The van der Waals surface area contributed by atoms with Gasteiger partial charge < -0.3 is 9.84 Å². The van der Waals surface area contributed by atoms with Gasteiger partial charge in [0.05, 0.1) is 13.5 Å². The van der Waals surface area contributed by atoms with Crippen LogP contribution in [0.3, 0.4) is 0 Å². The SMILES string of the molecule is COC(=O)CC1(CSCC(C(=O)O)C(F)(F)F)CC1. The van der Waals surface area contributed by atoms with Crippen LogP contribution in [0.15, 0.2) is 0 Å². The molecule has 110 valence electrons. The van der Waals surface area contributed by atoms with Gasteiger partial charge in [0, 0.05) is 5.75 Å². The van der Waals surface area contributed by atoms with Gasteiger partial charge in [0.15, 0.2) is 5.92 Å². The molecule has 0 heterocycles. The predicted octanol–water partition coefficient (Wildman–Crippen LogP) is 2.33. The number of thioether (sulfide) groups is 1. The summed E-state index contributed by atoms with van der Waals surface area (Å²) in [5.74, 6) is -4.78. The summed E-state index contributed by atoms with van der Waals surface area (Å²) in [7, 11) is 1.26. The average molecular weight is 300 g/mol. The van der Waals surface area contributed by atoms with Gasteiger partial charge in [-0.2, -0.15) is 24.9 Å². The molecule has 0 aromatic rings. The van der Waals surface area contributed by atoms with Crippen molar-refractivity contribution in [1.29, 1.82) is 0 Å². The summed E-state index contributed by atoms with van der Waals surface area (Å²) in [6.07, 6.45) is -3.03. The summed E-state index contributed by atoms with van der Waals surface area (Å²) in [5.41, 5.74) is -0.299. The normalized spacial score (nSPS) is 18.7. The van der Waals surface area contributed by atoms with E-state index in [9.17, 15) is 22.8 Å². The Morgan fingerprint density at radius 1 is 1.42 bits per heavy atom. The molecule has 19 heavy (non-hydrogen) atoms. The lowest BCUT2D eigenvalue weighted by molar-refractivity contribution is -0.188. The highest BCUT2D eigenvalue weighted by Gasteiger charge is 2.47. The molecular weight excluding hydrogens is 285 g/mol. The van der Waals surface area contributed by atoms with E-state index in [2.05, 4.69) is 4.74 Å². The molecule has 1 saturated carbocycles. The molecule has 0 bridgehead atoms. The van der Waals surface area contributed by atoms with E-state index in [1.807, 2.05) is 0 Å². The third-order valence-corrected chi connectivity index (χ3v) is 4.48. The van der Waals surface area contributed by atoms with Crippen LogP contribution in [0.25, 0.3) is 0 Å². The van der Waals surface area contributed by atoms with E-state index in [0.29, 0.717) is 5.75 Å². The first-order chi connectivity index (χ1) is 8.70. The highest BCUT2D eigenvalue weighted by atomic mass is 32.2. The topological polar surface area (TPSA) is 63.6 Å². The number of carbonyl (C=O) groups excluding carboxylic acids is 1. The molecule has 8 heteroatoms. The number of esters is 1. The maximum Gasteiger partial charge on any atom is 0.403 e. The second-order valence-electron chi connectivity index (χ2n) is 4.70. The second-order valence-corrected chi connectivity index (χ2v) is 5.73. The van der Waals surface area contributed by atoms with Crippen LogP contribution in [0.5, 0.6) is 0 Å². The fraction of sp³-hybridized carbons (Fsp3) is 0.818. The van der Waals surface area contributed by atoms with Crippen LogP contribution in [-0.4, -0.2) is 41.8 Å². The zero-order valence-corrected chi connectivity index (χ0v) is 11.1. The molecule has 0 aliphatic heterocycles. The number of aliphatic carboxylic acids is 1. The van der Waals surface area contributed by atoms with Crippen molar-refractivity contribution in [2.75, 3.05) is 18.6 Å². The number of carboxylic acids is 1. The van der Waals surface area contributed by atoms with E-state index < -0.39 is 23.8 Å². The molecule has 1 aliphatic carbocycles. The van der Waals surface area contributed by atoms with E-state index >= 15 is 0 Å². The average Bonchev–Trinajstić information content (AvgIpc) is 3.02. The zero-order chi connectivity index (χ0) is 14.7. The zero-order valence-electron chi connectivity index (χ0n) is 10.3. The second kappa shape index (κ2) is 6.02. The molecule has 0 radical (unpaired) electrons. The van der Waals surface area contributed by atoms with Crippen molar-refractivity contribution < 1.29 is 32.6 Å². The smallest absolute Gasteiger partial charge is 0.403 e. The molecule has 0 aromatic carbocycles. The molecule has 1 aliphatic rings. The number of hydrogen-bond donors (Lipinski definition) is 1. The van der Waals surface area contributed by atoms with Gasteiger partial charge in [0.1, 0.15) is 0 Å². The standard InChI is InChI=1S/C11H15F3O4S/c1-18-8(15)4-10(2-3-10)6-19-5-7(9(16)17)11(12,13)14/h7H,2-6H2,1H3,(H,16,17). The minimum atomic E-state index is -4.74. The number of hydrogen-bond acceptors (Lipinski definition) is 4. The molecule has 1 atom stereocenters. The van der Waals surface area contributed by atoms with Crippen molar-refractivity contribution in [3.8, 4) is 0 Å². The lowest BCUT2D eigenvalue weighted by Crippen LogP contribution is -2.33. The predicted molar refractivity (Wildman–Crippen MR) is 62.8 cm³/mol. The Morgan fingerprint density at radius 2 is 2.00 bits per heavy atom. The molecule has 0 spiro atoms. The Hall–Kier alpha value is -0.920. The number of carbonyl (C=O) groups is 2. The lowest BCUT2D eigenvalue weighted by Gasteiger charge is -2.18. The Kier molecular flexibility index (Phi) is 5.11. The highest BCUT2D eigenvalue weighted by Crippen LogP contribution is 2.51. The Morgan fingerprint density at radius 3 is 2.37 bits per heavy atom. The molecule has 4 nitrogen and oxygen atoms in total. The van der Waals surface area contributed by atoms with Crippen LogP contribution in [0.1, 0.15) is 19.3 Å². The first kappa shape index (κ1) is 16.1. The summed E-state index contributed by atoms with van der Waals surface area (Å²) in [5, 5.41) is 8.53. The first-order valence-corrected chi connectivity index (χ1v) is 6.80. The Labute approximate surface area is 112 Å². The van der Waals surface area contributed by atoms with Crippen LogP contribution in [0.2, 0.25) is 0 Å². The van der Waals surface area contributed by atoms with Crippen molar-refractivity contribution >= 4 is 23.7 Å². The largest absolute Gasteiger partial charge is 0.481 e. The van der Waals surface area contributed by atoms with Crippen LogP contribution in [-0.2, 0) is 14.3 Å². The monoisotopic (exact) mass is 300 g/mol. The summed E-state index contributed by atoms with van der Waals surface area (Å²) < 4.78 is 41.7.